The molecule has 0 atom stereocenters. The van der Waals surface area contributed by atoms with Crippen molar-refractivity contribution in [1.29, 1.82) is 0 Å². The lowest BCUT2D eigenvalue weighted by atomic mass is 9.96. The van der Waals surface area contributed by atoms with Crippen molar-refractivity contribution in [2.75, 3.05) is 18.9 Å². The maximum atomic E-state index is 13.1. The number of carbonyl (C=O) groups excluding carboxylic acids is 1. The number of sulfonamides is 1. The first-order valence-electron chi connectivity index (χ1n) is 9.16. The van der Waals surface area contributed by atoms with E-state index in [1.54, 1.807) is 25.2 Å². The number of aliphatic carboxylic acids is 1. The van der Waals surface area contributed by atoms with Gasteiger partial charge in [-0.15, -0.1) is 0 Å². The average Bonchev–Trinajstić information content (AvgIpc) is 2.65. The Morgan fingerprint density at radius 2 is 1.85 bits per heavy atom. The Morgan fingerprint density at radius 1 is 1.19 bits per heavy atom. The van der Waals surface area contributed by atoms with E-state index in [0.29, 0.717) is 6.42 Å². The summed E-state index contributed by atoms with van der Waals surface area (Å²) in [6.07, 6.45) is 5.10. The highest BCUT2D eigenvalue weighted by molar-refractivity contribution is 7.89. The van der Waals surface area contributed by atoms with Crippen LogP contribution in [0.25, 0.3) is 0 Å². The summed E-state index contributed by atoms with van der Waals surface area (Å²) < 4.78 is 27.5. The van der Waals surface area contributed by atoms with Crippen LogP contribution in [0.15, 0.2) is 29.2 Å². The normalized spacial score (nSPS) is 15.5. The van der Waals surface area contributed by atoms with Crippen molar-refractivity contribution in [3.05, 3.63) is 24.3 Å². The van der Waals surface area contributed by atoms with Crippen LogP contribution in [0.3, 0.4) is 0 Å². The van der Waals surface area contributed by atoms with Crippen LogP contribution in [-0.4, -0.2) is 49.5 Å². The van der Waals surface area contributed by atoms with Crippen LogP contribution in [0.2, 0.25) is 0 Å². The van der Waals surface area contributed by atoms with Gasteiger partial charge in [-0.05, 0) is 31.4 Å². The molecule has 1 aromatic rings. The molecule has 1 saturated carbocycles. The van der Waals surface area contributed by atoms with Crippen molar-refractivity contribution in [3.8, 4) is 0 Å². The Morgan fingerprint density at radius 3 is 2.52 bits per heavy atom. The number of carboxylic acids is 1. The van der Waals surface area contributed by atoms with Crippen LogP contribution < -0.4 is 10.6 Å². The zero-order valence-corrected chi connectivity index (χ0v) is 16.3. The van der Waals surface area contributed by atoms with Crippen molar-refractivity contribution in [2.24, 2.45) is 0 Å². The van der Waals surface area contributed by atoms with Gasteiger partial charge in [-0.3, -0.25) is 4.79 Å². The highest BCUT2D eigenvalue weighted by Crippen LogP contribution is 2.29. The van der Waals surface area contributed by atoms with E-state index >= 15 is 0 Å². The van der Waals surface area contributed by atoms with Gasteiger partial charge in [0.25, 0.3) is 0 Å². The number of hydrogen-bond acceptors (Lipinski definition) is 4. The van der Waals surface area contributed by atoms with Crippen LogP contribution in [-0.2, 0) is 14.8 Å². The smallest absolute Gasteiger partial charge is 0.319 e. The fourth-order valence-electron chi connectivity index (χ4n) is 3.20. The minimum atomic E-state index is -3.74. The number of nitrogens with zero attached hydrogens (tertiary/aromatic N) is 1. The van der Waals surface area contributed by atoms with Gasteiger partial charge in [0.1, 0.15) is 4.90 Å². The highest BCUT2D eigenvalue weighted by atomic mass is 32.2. The van der Waals surface area contributed by atoms with Gasteiger partial charge in [0.05, 0.1) is 5.69 Å². The van der Waals surface area contributed by atoms with Crippen LogP contribution >= 0.6 is 0 Å². The molecule has 2 rings (SSSR count). The lowest BCUT2D eigenvalue weighted by Gasteiger charge is -2.30. The molecule has 3 N–H and O–H groups in total. The van der Waals surface area contributed by atoms with Gasteiger partial charge in [0.15, 0.2) is 0 Å². The third-order valence-corrected chi connectivity index (χ3v) is 6.70. The Hall–Kier alpha value is -2.13. The largest absolute Gasteiger partial charge is 0.481 e. The molecule has 0 spiro atoms. The number of para-hydroxylation sites is 1. The number of hydrogen-bond donors (Lipinski definition) is 3. The van der Waals surface area contributed by atoms with E-state index in [1.807, 2.05) is 0 Å². The third-order valence-electron chi connectivity index (χ3n) is 4.73. The molecule has 9 heteroatoms. The molecule has 1 fully saturated rings. The Kier molecular flexibility index (Phi) is 7.61. The Labute approximate surface area is 160 Å². The zero-order valence-electron chi connectivity index (χ0n) is 15.5. The van der Waals surface area contributed by atoms with Crippen molar-refractivity contribution in [3.63, 3.8) is 0 Å². The molecule has 0 saturated heterocycles. The fourth-order valence-corrected chi connectivity index (χ4v) is 4.76. The van der Waals surface area contributed by atoms with Gasteiger partial charge in [-0.1, -0.05) is 31.4 Å². The second-order valence-electron chi connectivity index (χ2n) is 6.69. The van der Waals surface area contributed by atoms with Crippen LogP contribution in [0.5, 0.6) is 0 Å². The molecule has 2 amide bonds. The predicted octanol–water partition coefficient (Wildman–Crippen LogP) is 2.63. The molecule has 27 heavy (non-hydrogen) atoms. The van der Waals surface area contributed by atoms with Crippen molar-refractivity contribution in [1.82, 2.24) is 9.62 Å². The number of nitrogens with one attached hydrogen (secondary N) is 2. The van der Waals surface area contributed by atoms with Crippen molar-refractivity contribution in [2.45, 2.75) is 55.9 Å². The SMILES string of the molecule is CN(C1CCCCC1)S(=O)(=O)c1ccccc1NC(=O)NCCCC(=O)O. The monoisotopic (exact) mass is 397 g/mol. The summed E-state index contributed by atoms with van der Waals surface area (Å²) in [5, 5.41) is 13.7. The number of anilines is 1. The van der Waals surface area contributed by atoms with Crippen LogP contribution in [0, 0.1) is 0 Å². The van der Waals surface area contributed by atoms with E-state index in [1.165, 1.54) is 10.4 Å². The third kappa shape index (κ3) is 5.93. The van der Waals surface area contributed by atoms with E-state index in [2.05, 4.69) is 10.6 Å². The molecule has 1 aliphatic carbocycles. The molecule has 1 aromatic carbocycles. The first-order valence-corrected chi connectivity index (χ1v) is 10.6. The molecule has 1 aliphatic rings. The molecule has 0 heterocycles. The lowest BCUT2D eigenvalue weighted by molar-refractivity contribution is -0.137. The molecular formula is C18H27N3O5S. The van der Waals surface area contributed by atoms with E-state index in [0.717, 1.165) is 32.1 Å². The van der Waals surface area contributed by atoms with Gasteiger partial charge in [0.2, 0.25) is 10.0 Å². The summed E-state index contributed by atoms with van der Waals surface area (Å²) >= 11 is 0. The molecule has 0 radical (unpaired) electrons. The van der Waals surface area contributed by atoms with E-state index in [4.69, 9.17) is 5.11 Å². The number of benzene rings is 1. The zero-order chi connectivity index (χ0) is 19.9. The standard InChI is InChI=1S/C18H27N3O5S/c1-21(14-8-3-2-4-9-14)27(25,26)16-11-6-5-10-15(16)20-18(24)19-13-7-12-17(22)23/h5-6,10-11,14H,2-4,7-9,12-13H2,1H3,(H,22,23)(H2,19,20,24). The second-order valence-corrected chi connectivity index (χ2v) is 8.65. The van der Waals surface area contributed by atoms with Gasteiger partial charge >= 0.3 is 12.0 Å². The summed E-state index contributed by atoms with van der Waals surface area (Å²) in [6, 6.07) is 5.70. The van der Waals surface area contributed by atoms with E-state index < -0.39 is 22.0 Å². The predicted molar refractivity (Wildman–Crippen MR) is 102 cm³/mol. The van der Waals surface area contributed by atoms with E-state index in [9.17, 15) is 18.0 Å². The highest BCUT2D eigenvalue weighted by Gasteiger charge is 2.30. The first kappa shape index (κ1) is 21.2. The molecule has 0 bridgehead atoms. The van der Waals surface area contributed by atoms with Gasteiger partial charge in [-0.2, -0.15) is 4.31 Å². The number of amides is 2. The number of rotatable bonds is 8. The van der Waals surface area contributed by atoms with Gasteiger partial charge in [-0.25, -0.2) is 13.2 Å². The number of carboxylic acid groups (broad SMARTS) is 1. The minimum Gasteiger partial charge on any atom is -0.481 e. The maximum absolute atomic E-state index is 13.1. The van der Waals surface area contributed by atoms with Gasteiger partial charge < -0.3 is 15.7 Å². The van der Waals surface area contributed by atoms with Crippen LogP contribution in [0.1, 0.15) is 44.9 Å². The Balaban J connectivity index is 2.07. The molecule has 8 nitrogen and oxygen atoms in total. The summed E-state index contributed by atoms with van der Waals surface area (Å²) in [6.45, 7) is 0.190. The lowest BCUT2D eigenvalue weighted by Crippen LogP contribution is -2.39. The molecular weight excluding hydrogens is 370 g/mol. The Bertz CT molecular complexity index is 760. The quantitative estimate of drug-likeness (QED) is 0.583. The van der Waals surface area contributed by atoms with Crippen LogP contribution in [0.4, 0.5) is 10.5 Å². The van der Waals surface area contributed by atoms with Gasteiger partial charge in [0, 0.05) is 26.1 Å². The minimum absolute atomic E-state index is 0.0262. The fraction of sp³-hybridized carbons (Fsp3) is 0.556. The molecule has 0 aliphatic heterocycles. The maximum Gasteiger partial charge on any atom is 0.319 e. The molecule has 0 aromatic heterocycles. The first-order chi connectivity index (χ1) is 12.8. The summed E-state index contributed by atoms with van der Waals surface area (Å²) in [5.41, 5.74) is 0.205. The molecule has 150 valence electrons. The van der Waals surface area contributed by atoms with Crippen molar-refractivity contribution >= 4 is 27.7 Å². The average molecular weight is 397 g/mol. The van der Waals surface area contributed by atoms with E-state index in [-0.39, 0.29) is 29.6 Å². The summed E-state index contributed by atoms with van der Waals surface area (Å²) in [5.74, 6) is -0.931. The number of urea groups is 1. The topological polar surface area (TPSA) is 116 Å². The summed E-state index contributed by atoms with van der Waals surface area (Å²) in [7, 11) is -2.15. The van der Waals surface area contributed by atoms with Crippen molar-refractivity contribution < 1.29 is 23.1 Å². The molecule has 0 unspecified atom stereocenters. The number of carbonyl (C=O) groups is 2. The second kappa shape index (κ2) is 9.70. The summed E-state index contributed by atoms with van der Waals surface area (Å²) in [4.78, 5) is 22.6.